The Labute approximate surface area is 301 Å². The van der Waals surface area contributed by atoms with Gasteiger partial charge < -0.3 is 13.6 Å². The number of nitrogens with zero attached hydrogens (tertiary/aromatic N) is 2. The van der Waals surface area contributed by atoms with Crippen molar-refractivity contribution in [1.29, 1.82) is 0 Å². The van der Waals surface area contributed by atoms with Crippen LogP contribution in [0, 0.1) is 0 Å². The maximum Gasteiger partial charge on any atom is 0.136 e. The third kappa shape index (κ3) is 3.84. The molecule has 12 rings (SSSR count). The van der Waals surface area contributed by atoms with Crippen molar-refractivity contribution in [1.82, 2.24) is 9.13 Å². The van der Waals surface area contributed by atoms with Crippen LogP contribution in [0.1, 0.15) is 0 Å². The molecule has 0 unspecified atom stereocenters. The Hall–Kier alpha value is -6.62. The molecule has 52 heavy (non-hydrogen) atoms. The summed E-state index contributed by atoms with van der Waals surface area (Å²) in [6.07, 6.45) is 0. The summed E-state index contributed by atoms with van der Waals surface area (Å²) in [7, 11) is 0. The van der Waals surface area contributed by atoms with E-state index in [9.17, 15) is 0 Å². The first kappa shape index (κ1) is 28.1. The summed E-state index contributed by atoms with van der Waals surface area (Å²) in [5.41, 5.74) is 11.3. The van der Waals surface area contributed by atoms with E-state index >= 15 is 0 Å². The second kappa shape index (κ2) is 10.5. The highest BCUT2D eigenvalue weighted by Crippen LogP contribution is 2.45. The van der Waals surface area contributed by atoms with E-state index in [1.807, 2.05) is 17.4 Å². The highest BCUT2D eigenvalue weighted by molar-refractivity contribution is 7.26. The molecular formula is C48H28N2OS. The highest BCUT2D eigenvalue weighted by atomic mass is 32.1. The van der Waals surface area contributed by atoms with Gasteiger partial charge in [0.25, 0.3) is 0 Å². The van der Waals surface area contributed by atoms with Gasteiger partial charge in [0.05, 0.1) is 22.1 Å². The number of thiophene rings is 1. The molecule has 0 spiro atoms. The zero-order chi connectivity index (χ0) is 33.9. The Morgan fingerprint density at radius 3 is 1.83 bits per heavy atom. The molecule has 0 amide bonds. The van der Waals surface area contributed by atoms with E-state index in [4.69, 9.17) is 4.42 Å². The molecule has 0 radical (unpaired) electrons. The lowest BCUT2D eigenvalue weighted by Crippen LogP contribution is -1.93. The first-order valence-corrected chi connectivity index (χ1v) is 18.5. The maximum absolute atomic E-state index is 6.37. The molecule has 0 aliphatic rings. The molecule has 3 nitrogen and oxygen atoms in total. The van der Waals surface area contributed by atoms with Crippen LogP contribution in [0.4, 0.5) is 0 Å². The van der Waals surface area contributed by atoms with E-state index in [2.05, 4.69) is 173 Å². The zero-order valence-electron chi connectivity index (χ0n) is 27.9. The number of para-hydroxylation sites is 3. The average molecular weight is 681 g/mol. The summed E-state index contributed by atoms with van der Waals surface area (Å²) in [6.45, 7) is 0. The minimum atomic E-state index is 0.914. The van der Waals surface area contributed by atoms with Gasteiger partial charge in [-0.15, -0.1) is 11.3 Å². The van der Waals surface area contributed by atoms with E-state index in [1.165, 1.54) is 80.6 Å². The molecule has 0 fully saturated rings. The number of benzene rings is 8. The van der Waals surface area contributed by atoms with Gasteiger partial charge in [0.2, 0.25) is 0 Å². The third-order valence-corrected chi connectivity index (χ3v) is 12.0. The van der Waals surface area contributed by atoms with Crippen molar-refractivity contribution < 1.29 is 4.42 Å². The van der Waals surface area contributed by atoms with E-state index in [1.54, 1.807) is 0 Å². The average Bonchev–Trinajstić information content (AvgIpc) is 3.94. The van der Waals surface area contributed by atoms with Gasteiger partial charge in [-0.05, 0) is 90.0 Å². The van der Waals surface area contributed by atoms with E-state index < -0.39 is 0 Å². The monoisotopic (exact) mass is 680 g/mol. The minimum absolute atomic E-state index is 0.914. The van der Waals surface area contributed by atoms with Gasteiger partial charge in [-0.2, -0.15) is 0 Å². The van der Waals surface area contributed by atoms with Crippen LogP contribution in [0.15, 0.2) is 174 Å². The van der Waals surface area contributed by atoms with Crippen molar-refractivity contribution in [3.63, 3.8) is 0 Å². The molecule has 0 saturated carbocycles. The van der Waals surface area contributed by atoms with Crippen LogP contribution in [-0.2, 0) is 0 Å². The SMILES string of the molecule is c1ccc(-n2c3cc(-c4ccc5c(c4)c4c6c(ccc4n5-c4ccccc4)sc4ccccc46)ccc3c3cc4oc5ccccc5c4cc32)cc1. The van der Waals surface area contributed by atoms with Crippen molar-refractivity contribution in [3.05, 3.63) is 170 Å². The number of fused-ring (bicyclic) bond motifs is 13. The van der Waals surface area contributed by atoms with Gasteiger partial charge in [-0.25, -0.2) is 0 Å². The molecule has 4 heteroatoms. The van der Waals surface area contributed by atoms with E-state index in [-0.39, 0.29) is 0 Å². The second-order valence-electron chi connectivity index (χ2n) is 13.7. The summed E-state index contributed by atoms with van der Waals surface area (Å²) in [4.78, 5) is 0. The number of hydrogen-bond acceptors (Lipinski definition) is 2. The maximum atomic E-state index is 6.37. The van der Waals surface area contributed by atoms with Gasteiger partial charge in [0, 0.05) is 63.9 Å². The highest BCUT2D eigenvalue weighted by Gasteiger charge is 2.20. The first-order valence-electron chi connectivity index (χ1n) is 17.7. The predicted octanol–water partition coefficient (Wildman–Crippen LogP) is 13.8. The van der Waals surface area contributed by atoms with Gasteiger partial charge in [0.15, 0.2) is 0 Å². The topological polar surface area (TPSA) is 23.0 Å². The molecule has 0 aliphatic heterocycles. The second-order valence-corrected chi connectivity index (χ2v) is 14.8. The van der Waals surface area contributed by atoms with Crippen LogP contribution in [-0.4, -0.2) is 9.13 Å². The summed E-state index contributed by atoms with van der Waals surface area (Å²) in [6, 6.07) is 61.7. The fraction of sp³-hybridized carbons (Fsp3) is 0. The van der Waals surface area contributed by atoms with Gasteiger partial charge in [-0.3, -0.25) is 0 Å². The molecule has 0 aliphatic carbocycles. The standard InChI is InChI=1S/C48H28N2OS/c1-3-11-31(12-4-1)49-39-22-20-29(25-38(39)47-40(49)23-24-46-48(47)35-16-8-10-18-45(35)52-46)30-19-21-33-36-28-44-37(34-15-7-9-17-43(34)51-44)27-42(36)50(41(33)26-30)32-13-5-2-6-14-32/h1-28H. The third-order valence-electron chi connectivity index (χ3n) is 10.9. The fourth-order valence-corrected chi connectivity index (χ4v) is 9.74. The fourth-order valence-electron chi connectivity index (χ4n) is 8.63. The lowest BCUT2D eigenvalue weighted by atomic mass is 9.99. The van der Waals surface area contributed by atoms with Gasteiger partial charge in [-0.1, -0.05) is 91.0 Å². The molecule has 0 atom stereocenters. The normalized spacial score (nSPS) is 12.2. The van der Waals surface area contributed by atoms with Crippen LogP contribution in [0.5, 0.6) is 0 Å². The summed E-state index contributed by atoms with van der Waals surface area (Å²) in [5, 5.41) is 9.90. The van der Waals surface area contributed by atoms with Crippen LogP contribution in [0.3, 0.4) is 0 Å². The van der Waals surface area contributed by atoms with Crippen LogP contribution >= 0.6 is 11.3 Å². The smallest absolute Gasteiger partial charge is 0.136 e. The number of rotatable bonds is 3. The molecule has 4 heterocycles. The molecule has 4 aromatic heterocycles. The van der Waals surface area contributed by atoms with Crippen LogP contribution in [0.25, 0.3) is 108 Å². The Morgan fingerprint density at radius 2 is 1.00 bits per heavy atom. The lowest BCUT2D eigenvalue weighted by molar-refractivity contribution is 0.669. The zero-order valence-corrected chi connectivity index (χ0v) is 28.7. The lowest BCUT2D eigenvalue weighted by Gasteiger charge is -2.10. The van der Waals surface area contributed by atoms with Crippen molar-refractivity contribution in [2.24, 2.45) is 0 Å². The van der Waals surface area contributed by atoms with Gasteiger partial charge in [0.1, 0.15) is 11.2 Å². The van der Waals surface area contributed by atoms with E-state index in [0.717, 1.165) is 27.6 Å². The van der Waals surface area contributed by atoms with Crippen molar-refractivity contribution >= 4 is 97.1 Å². The summed E-state index contributed by atoms with van der Waals surface area (Å²) in [5.74, 6) is 0. The molecule has 0 N–H and O–H groups in total. The Morgan fingerprint density at radius 1 is 0.346 bits per heavy atom. The number of hydrogen-bond donors (Lipinski definition) is 0. The Balaban J connectivity index is 1.15. The van der Waals surface area contributed by atoms with Crippen LogP contribution in [0.2, 0.25) is 0 Å². The molecule has 0 bridgehead atoms. The largest absolute Gasteiger partial charge is 0.456 e. The number of aromatic nitrogens is 2. The van der Waals surface area contributed by atoms with Crippen molar-refractivity contribution in [2.45, 2.75) is 0 Å². The van der Waals surface area contributed by atoms with E-state index in [0.29, 0.717) is 0 Å². The van der Waals surface area contributed by atoms with Crippen molar-refractivity contribution in [2.75, 3.05) is 0 Å². The number of furan rings is 1. The Kier molecular flexibility index (Phi) is 5.65. The Bertz CT molecular complexity index is 3400. The predicted molar refractivity (Wildman–Crippen MR) is 221 cm³/mol. The minimum Gasteiger partial charge on any atom is -0.456 e. The summed E-state index contributed by atoms with van der Waals surface area (Å²) < 4.78 is 13.8. The molecule has 0 saturated heterocycles. The van der Waals surface area contributed by atoms with Crippen molar-refractivity contribution in [3.8, 4) is 22.5 Å². The first-order chi connectivity index (χ1) is 25.8. The molecule has 8 aromatic carbocycles. The summed E-state index contributed by atoms with van der Waals surface area (Å²) >= 11 is 1.88. The molecule has 242 valence electrons. The molecule has 12 aromatic rings. The quantitative estimate of drug-likeness (QED) is 0.182. The van der Waals surface area contributed by atoms with Crippen LogP contribution < -0.4 is 0 Å². The molecular weight excluding hydrogens is 653 g/mol. The van der Waals surface area contributed by atoms with Gasteiger partial charge >= 0.3 is 0 Å².